The van der Waals surface area contributed by atoms with Gasteiger partial charge in [-0.25, -0.2) is 4.31 Å². The van der Waals surface area contributed by atoms with Crippen LogP contribution in [0.5, 0.6) is 5.75 Å². The average molecular weight is 309 g/mol. The summed E-state index contributed by atoms with van der Waals surface area (Å²) in [5, 5.41) is 0. The fraction of sp³-hybridized carbons (Fsp3) is 0.625. The molecular formula is C16H27N3OS. The van der Waals surface area contributed by atoms with Gasteiger partial charge < -0.3 is 15.4 Å². The van der Waals surface area contributed by atoms with Gasteiger partial charge in [-0.2, -0.15) is 0 Å². The normalized spacial score (nSPS) is 17.3. The van der Waals surface area contributed by atoms with Gasteiger partial charge in [0.2, 0.25) is 0 Å². The Bertz CT molecular complexity index is 404. The average Bonchev–Trinajstić information content (AvgIpc) is 2.54. The first-order valence-corrected chi connectivity index (χ1v) is 8.55. The Balaban J connectivity index is 1.87. The van der Waals surface area contributed by atoms with Crippen molar-refractivity contribution in [2.24, 2.45) is 5.73 Å². The van der Waals surface area contributed by atoms with Gasteiger partial charge in [-0.15, -0.1) is 0 Å². The maximum Gasteiger partial charge on any atom is 0.118 e. The summed E-state index contributed by atoms with van der Waals surface area (Å²) in [6.07, 6.45) is 2.47. The van der Waals surface area contributed by atoms with Gasteiger partial charge in [-0.05, 0) is 62.1 Å². The molecule has 1 saturated heterocycles. The third-order valence-electron chi connectivity index (χ3n) is 4.00. The van der Waals surface area contributed by atoms with E-state index in [9.17, 15) is 0 Å². The monoisotopic (exact) mass is 309 g/mol. The molecule has 0 bridgehead atoms. The molecule has 118 valence electrons. The number of ether oxygens (including phenoxy) is 1. The largest absolute Gasteiger partial charge is 0.497 e. The van der Waals surface area contributed by atoms with Gasteiger partial charge in [0.25, 0.3) is 0 Å². The molecule has 21 heavy (non-hydrogen) atoms. The quantitative estimate of drug-likeness (QED) is 0.784. The van der Waals surface area contributed by atoms with E-state index in [0.717, 1.165) is 25.4 Å². The molecule has 0 aromatic heterocycles. The van der Waals surface area contributed by atoms with Crippen molar-refractivity contribution in [1.29, 1.82) is 0 Å². The molecule has 0 radical (unpaired) electrons. The highest BCUT2D eigenvalue weighted by atomic mass is 32.2. The number of likely N-dealkylation sites (tertiary alicyclic amines) is 1. The maximum atomic E-state index is 5.64. The van der Waals surface area contributed by atoms with Crippen LogP contribution in [-0.4, -0.2) is 55.1 Å². The van der Waals surface area contributed by atoms with Crippen molar-refractivity contribution in [3.8, 4) is 5.75 Å². The lowest BCUT2D eigenvalue weighted by Gasteiger charge is -2.37. The molecule has 1 fully saturated rings. The molecule has 0 atom stereocenters. The van der Waals surface area contributed by atoms with Gasteiger partial charge in [-0.1, -0.05) is 6.92 Å². The fourth-order valence-electron chi connectivity index (χ4n) is 2.78. The Morgan fingerprint density at radius 3 is 2.48 bits per heavy atom. The van der Waals surface area contributed by atoms with Crippen LogP contribution >= 0.6 is 11.9 Å². The fourth-order valence-corrected chi connectivity index (χ4v) is 3.80. The molecular weight excluding hydrogens is 282 g/mol. The maximum absolute atomic E-state index is 5.64. The van der Waals surface area contributed by atoms with Gasteiger partial charge in [-0.3, -0.25) is 0 Å². The van der Waals surface area contributed by atoms with Crippen LogP contribution < -0.4 is 10.5 Å². The first-order valence-electron chi connectivity index (χ1n) is 7.78. The van der Waals surface area contributed by atoms with Gasteiger partial charge in [0.15, 0.2) is 0 Å². The molecule has 2 rings (SSSR count). The lowest BCUT2D eigenvalue weighted by Crippen LogP contribution is -2.43. The molecule has 1 aliphatic heterocycles. The van der Waals surface area contributed by atoms with E-state index in [-0.39, 0.29) is 0 Å². The number of hydrogen-bond acceptors (Lipinski definition) is 5. The molecule has 1 heterocycles. The Morgan fingerprint density at radius 2 is 1.95 bits per heavy atom. The van der Waals surface area contributed by atoms with Crippen LogP contribution in [0.4, 0.5) is 0 Å². The number of rotatable bonds is 7. The summed E-state index contributed by atoms with van der Waals surface area (Å²) in [6, 6.07) is 8.99. The van der Waals surface area contributed by atoms with Crippen molar-refractivity contribution >= 4 is 11.9 Å². The predicted octanol–water partition coefficient (Wildman–Crippen LogP) is 2.45. The van der Waals surface area contributed by atoms with Crippen LogP contribution in [-0.2, 0) is 0 Å². The highest BCUT2D eigenvalue weighted by Gasteiger charge is 2.24. The molecule has 0 saturated carbocycles. The summed E-state index contributed by atoms with van der Waals surface area (Å²) >= 11 is 1.86. The molecule has 1 aliphatic rings. The second kappa shape index (κ2) is 8.63. The molecule has 0 unspecified atom stereocenters. The van der Waals surface area contributed by atoms with E-state index in [0.29, 0.717) is 6.04 Å². The summed E-state index contributed by atoms with van der Waals surface area (Å²) in [4.78, 5) is 3.75. The Hall–Kier alpha value is -0.750. The van der Waals surface area contributed by atoms with Crippen LogP contribution in [0.25, 0.3) is 0 Å². The lowest BCUT2D eigenvalue weighted by atomic mass is 10.1. The summed E-state index contributed by atoms with van der Waals surface area (Å²) in [7, 11) is 1.70. The van der Waals surface area contributed by atoms with Crippen molar-refractivity contribution in [3.63, 3.8) is 0 Å². The number of nitrogens with zero attached hydrogens (tertiary/aromatic N) is 2. The zero-order valence-corrected chi connectivity index (χ0v) is 13.9. The molecule has 2 N–H and O–H groups in total. The smallest absolute Gasteiger partial charge is 0.118 e. The third kappa shape index (κ3) is 4.88. The van der Waals surface area contributed by atoms with Crippen molar-refractivity contribution in [2.75, 3.05) is 39.8 Å². The van der Waals surface area contributed by atoms with Crippen molar-refractivity contribution in [1.82, 2.24) is 9.21 Å². The Morgan fingerprint density at radius 1 is 1.29 bits per heavy atom. The predicted molar refractivity (Wildman–Crippen MR) is 89.7 cm³/mol. The first kappa shape index (κ1) is 16.6. The topological polar surface area (TPSA) is 41.7 Å². The highest BCUT2D eigenvalue weighted by Crippen LogP contribution is 2.29. The van der Waals surface area contributed by atoms with E-state index < -0.39 is 0 Å². The summed E-state index contributed by atoms with van der Waals surface area (Å²) in [5.41, 5.74) is 5.64. The molecule has 5 heteroatoms. The van der Waals surface area contributed by atoms with Crippen molar-refractivity contribution < 1.29 is 4.74 Å². The molecule has 0 amide bonds. The van der Waals surface area contributed by atoms with E-state index >= 15 is 0 Å². The minimum absolute atomic E-state index is 0.663. The number of hydrogen-bond donors (Lipinski definition) is 1. The number of nitrogens with two attached hydrogens (primary N) is 1. The number of methoxy groups -OCH3 is 1. The van der Waals surface area contributed by atoms with Gasteiger partial charge in [0.1, 0.15) is 5.75 Å². The van der Waals surface area contributed by atoms with E-state index in [1.165, 1.54) is 30.8 Å². The summed E-state index contributed by atoms with van der Waals surface area (Å²) in [5.74, 6) is 0.914. The minimum Gasteiger partial charge on any atom is -0.497 e. The minimum atomic E-state index is 0.663. The summed E-state index contributed by atoms with van der Waals surface area (Å²) in [6.45, 7) is 7.44. The van der Waals surface area contributed by atoms with Crippen LogP contribution in [0, 0.1) is 0 Å². The van der Waals surface area contributed by atoms with Gasteiger partial charge >= 0.3 is 0 Å². The van der Waals surface area contributed by atoms with Crippen LogP contribution in [0.1, 0.15) is 19.8 Å². The molecule has 0 aliphatic carbocycles. The van der Waals surface area contributed by atoms with E-state index in [1.807, 2.05) is 24.1 Å². The molecule has 1 aromatic rings. The van der Waals surface area contributed by atoms with Crippen molar-refractivity contribution in [3.05, 3.63) is 24.3 Å². The Labute approximate surface area is 132 Å². The zero-order chi connectivity index (χ0) is 15.1. The van der Waals surface area contributed by atoms with Crippen LogP contribution in [0.3, 0.4) is 0 Å². The second-order valence-electron chi connectivity index (χ2n) is 5.36. The van der Waals surface area contributed by atoms with E-state index in [1.54, 1.807) is 7.11 Å². The SMILES string of the molecule is CCN(Sc1ccc(OC)cc1)C1CCN(CCN)CC1. The third-order valence-corrected chi connectivity index (χ3v) is 5.28. The Kier molecular flexibility index (Phi) is 6.83. The summed E-state index contributed by atoms with van der Waals surface area (Å²) < 4.78 is 7.73. The lowest BCUT2D eigenvalue weighted by molar-refractivity contribution is 0.171. The molecule has 4 nitrogen and oxygen atoms in total. The van der Waals surface area contributed by atoms with E-state index in [2.05, 4.69) is 28.3 Å². The molecule has 0 spiro atoms. The van der Waals surface area contributed by atoms with E-state index in [4.69, 9.17) is 10.5 Å². The van der Waals surface area contributed by atoms with Crippen LogP contribution in [0.2, 0.25) is 0 Å². The van der Waals surface area contributed by atoms with Crippen LogP contribution in [0.15, 0.2) is 29.2 Å². The first-order chi connectivity index (χ1) is 10.3. The van der Waals surface area contributed by atoms with Gasteiger partial charge in [0, 0.05) is 30.6 Å². The van der Waals surface area contributed by atoms with Gasteiger partial charge in [0.05, 0.1) is 7.11 Å². The highest BCUT2D eigenvalue weighted by molar-refractivity contribution is 7.97. The standard InChI is InChI=1S/C16H27N3OS/c1-3-19(14-8-11-18(12-9-14)13-10-17)21-16-6-4-15(20-2)5-7-16/h4-7,14H,3,8-13,17H2,1-2H3. The number of benzene rings is 1. The number of piperidine rings is 1. The zero-order valence-electron chi connectivity index (χ0n) is 13.1. The second-order valence-corrected chi connectivity index (χ2v) is 6.48. The van der Waals surface area contributed by atoms with Crippen molar-refractivity contribution in [2.45, 2.75) is 30.7 Å². The molecule has 1 aromatic carbocycles.